The molecule has 5 aliphatic rings. The number of aromatic hydroxyl groups is 2. The minimum atomic E-state index is -4.13. The number of aliphatic hydroxyl groups is 17. The van der Waals surface area contributed by atoms with Crippen molar-refractivity contribution in [3.63, 3.8) is 0 Å². The van der Waals surface area contributed by atoms with Crippen molar-refractivity contribution < 1.29 is 130 Å². The summed E-state index contributed by atoms with van der Waals surface area (Å²) in [5, 5.41) is 211. The number of hydrogen-bond donors (Lipinski definition) is 19. The predicted octanol–water partition coefficient (Wildman–Crippen LogP) is -5.94. The minimum Gasteiger partial charge on any atom is -0.508 e. The molecular formula is C48H52O26. The van der Waals surface area contributed by atoms with Crippen molar-refractivity contribution in [2.75, 3.05) is 19.8 Å². The highest BCUT2D eigenvalue weighted by atomic mass is 16.6. The molecular weight excluding hydrogens is 993 g/mol. The Hall–Kier alpha value is -6.28. The predicted molar refractivity (Wildman–Crippen MR) is 241 cm³/mol. The lowest BCUT2D eigenvalue weighted by Gasteiger charge is -2.47. The van der Waals surface area contributed by atoms with Gasteiger partial charge in [-0.1, -0.05) is 36.4 Å². The first kappa shape index (κ1) is 55.5. The third-order valence-corrected chi connectivity index (χ3v) is 13.5. The summed E-state index contributed by atoms with van der Waals surface area (Å²) >= 11 is 0. The van der Waals surface area contributed by atoms with E-state index in [4.69, 9.17) is 14.2 Å². The fourth-order valence-electron chi connectivity index (χ4n) is 9.46. The molecule has 17 atom stereocenters. The van der Waals surface area contributed by atoms with Gasteiger partial charge in [0, 0.05) is 5.57 Å². The van der Waals surface area contributed by atoms with E-state index in [2.05, 4.69) is 0 Å². The van der Waals surface area contributed by atoms with E-state index >= 15 is 4.79 Å². The molecule has 26 heteroatoms. The lowest BCUT2D eigenvalue weighted by atomic mass is 9.65. The number of ether oxygens (including phenoxy) is 3. The maximum atomic E-state index is 15.4. The maximum Gasteiger partial charge on any atom is 0.219 e. The van der Waals surface area contributed by atoms with Crippen LogP contribution in [0.25, 0.3) is 12.2 Å². The van der Waals surface area contributed by atoms with Gasteiger partial charge in [-0.2, -0.15) is 0 Å². The number of benzene rings is 2. The highest BCUT2D eigenvalue weighted by Gasteiger charge is 2.70. The first-order chi connectivity index (χ1) is 34.8. The Labute approximate surface area is 416 Å². The van der Waals surface area contributed by atoms with E-state index < -0.39 is 191 Å². The Morgan fingerprint density at radius 3 is 1.55 bits per heavy atom. The van der Waals surface area contributed by atoms with Crippen molar-refractivity contribution >= 4 is 35.3 Å². The van der Waals surface area contributed by atoms with Crippen molar-refractivity contribution in [2.45, 2.75) is 96.7 Å². The summed E-state index contributed by atoms with van der Waals surface area (Å²) < 4.78 is 16.9. The number of ketones is 4. The van der Waals surface area contributed by atoms with Gasteiger partial charge in [-0.3, -0.25) is 19.2 Å². The van der Waals surface area contributed by atoms with Gasteiger partial charge in [-0.05, 0) is 47.5 Å². The number of allylic oxidation sites excluding steroid dienone is 4. The van der Waals surface area contributed by atoms with Crippen LogP contribution in [0.2, 0.25) is 0 Å². The van der Waals surface area contributed by atoms with Crippen molar-refractivity contribution in [1.82, 2.24) is 0 Å². The van der Waals surface area contributed by atoms with Crippen LogP contribution >= 0.6 is 0 Å². The summed E-state index contributed by atoms with van der Waals surface area (Å²) in [6, 6.07) is 9.81. The van der Waals surface area contributed by atoms with Crippen LogP contribution in [0.15, 0.2) is 106 Å². The van der Waals surface area contributed by atoms with Crippen LogP contribution in [-0.4, -0.2) is 237 Å². The van der Waals surface area contributed by atoms with Crippen molar-refractivity contribution in [1.29, 1.82) is 0 Å². The monoisotopic (exact) mass is 1040 g/mol. The number of hydrogen-bond acceptors (Lipinski definition) is 26. The molecule has 0 radical (unpaired) electrons. The third kappa shape index (κ3) is 9.12. The van der Waals surface area contributed by atoms with Gasteiger partial charge < -0.3 is 111 Å². The van der Waals surface area contributed by atoms with E-state index in [0.717, 1.165) is 12.2 Å². The molecule has 3 unspecified atom stereocenters. The second kappa shape index (κ2) is 21.2. The Kier molecular flexibility index (Phi) is 15.9. The summed E-state index contributed by atoms with van der Waals surface area (Å²) in [5.74, 6) is -17.5. The summed E-state index contributed by atoms with van der Waals surface area (Å²) in [6.07, 6.45) is -31.7. The van der Waals surface area contributed by atoms with Gasteiger partial charge in [-0.25, -0.2) is 0 Å². The number of carbonyl (C=O) groups is 4. The molecule has 2 aromatic carbocycles. The number of phenols is 2. The van der Waals surface area contributed by atoms with E-state index in [9.17, 15) is 111 Å². The van der Waals surface area contributed by atoms with Crippen LogP contribution in [0.3, 0.4) is 0 Å². The Bertz CT molecular complexity index is 2720. The standard InChI is InChI=1S/C48H52O26/c49-13-22(56)30(57)37(64)40-27(28-33(60)25(20(54)11-5-16-1-7-18(52)8-2-16)41(67)47(70,43(28)69)45-38(65)35(62)31(58)23(14-50)72-45)29-34(61)26(21(55)12-6-17-3-9-19(53)10-4-17)42(68)48(71,44(29)74-40)46-39(66)36(63)32(59)24(15-51)73-46/h1-12,22-24,27,30-32,35-40,45-46,49-54,56-66,70-71H,13-15H2/b11-5+,12-6+,25-20-/t22-,23-,24-,27+,30-,31-,32-,35+,36+,37+,38-,39-,40?,45-,46-,47?,48?/m1/s1. The Balaban J connectivity index is 1.58. The van der Waals surface area contributed by atoms with Crippen LogP contribution in [-0.2, 0) is 33.4 Å². The van der Waals surface area contributed by atoms with Gasteiger partial charge in [0.15, 0.2) is 5.78 Å². The molecule has 74 heavy (non-hydrogen) atoms. The van der Waals surface area contributed by atoms with E-state index in [-0.39, 0.29) is 22.6 Å². The van der Waals surface area contributed by atoms with E-state index in [1.807, 2.05) is 0 Å². The molecule has 3 aliphatic heterocycles. The first-order valence-electron chi connectivity index (χ1n) is 22.4. The fraction of sp³-hybridized carbons (Fsp3) is 0.417. The number of aliphatic hydroxyl groups excluding tert-OH is 15. The van der Waals surface area contributed by atoms with E-state index in [0.29, 0.717) is 12.2 Å². The van der Waals surface area contributed by atoms with Gasteiger partial charge in [0.2, 0.25) is 28.6 Å². The summed E-state index contributed by atoms with van der Waals surface area (Å²) in [7, 11) is 0. The molecule has 0 saturated carbocycles. The van der Waals surface area contributed by atoms with Crippen LogP contribution in [0.4, 0.5) is 0 Å². The third-order valence-electron chi connectivity index (χ3n) is 13.5. The maximum absolute atomic E-state index is 15.4. The molecule has 0 amide bonds. The largest absolute Gasteiger partial charge is 0.508 e. The first-order valence-corrected chi connectivity index (χ1v) is 22.4. The number of phenolic OH excluding ortho intramolecular Hbond substituents is 2. The van der Waals surface area contributed by atoms with Crippen LogP contribution < -0.4 is 0 Å². The summed E-state index contributed by atoms with van der Waals surface area (Å²) in [5.41, 5.74) is -13.7. The average Bonchev–Trinajstić information content (AvgIpc) is 3.78. The molecule has 3 heterocycles. The van der Waals surface area contributed by atoms with Crippen molar-refractivity contribution in [3.05, 3.63) is 117 Å². The molecule has 26 nitrogen and oxygen atoms in total. The Morgan fingerprint density at radius 2 is 1.08 bits per heavy atom. The average molecular weight is 1040 g/mol. The Morgan fingerprint density at radius 1 is 0.608 bits per heavy atom. The lowest BCUT2D eigenvalue weighted by molar-refractivity contribution is -0.264. The smallest absolute Gasteiger partial charge is 0.219 e. The topological polar surface area (TPSA) is 480 Å². The van der Waals surface area contributed by atoms with Gasteiger partial charge in [0.1, 0.15) is 131 Å². The van der Waals surface area contributed by atoms with Gasteiger partial charge in [-0.15, -0.1) is 0 Å². The zero-order chi connectivity index (χ0) is 54.6. The highest BCUT2D eigenvalue weighted by Crippen LogP contribution is 2.54. The van der Waals surface area contributed by atoms with E-state index in [1.54, 1.807) is 0 Å². The van der Waals surface area contributed by atoms with Crippen LogP contribution in [0.1, 0.15) is 11.1 Å². The SMILES string of the molecule is O=C(/C=C/c1ccc(O)cc1)C1=C(O)C2=C(OC([C@@H](O)[C@H](O)[C@H](O)CO)[C@H]2C2=C(O)/C(=C(O)\C=C\c3ccc(O)cc3)C(=O)C(O)([C@@H]3O[C@H](CO)[C@@H](O)[C@H](O)[C@H]3O)C2=O)C(O)([C@@H]2O[C@H](CO)[C@@H](O)[C@H](O)[C@H]2O)C1=O. The van der Waals surface area contributed by atoms with Gasteiger partial charge in [0.25, 0.3) is 0 Å². The van der Waals surface area contributed by atoms with Gasteiger partial charge >= 0.3 is 0 Å². The molecule has 2 fully saturated rings. The number of rotatable bonds is 14. The normalized spacial score (nSPS) is 35.8. The second-order valence-electron chi connectivity index (χ2n) is 18.0. The van der Waals surface area contributed by atoms with Gasteiger partial charge in [0.05, 0.1) is 31.3 Å². The molecule has 7 rings (SSSR count). The molecule has 0 aromatic heterocycles. The summed E-state index contributed by atoms with van der Waals surface area (Å²) in [6.45, 7) is -3.83. The molecule has 2 saturated heterocycles. The second-order valence-corrected chi connectivity index (χ2v) is 18.0. The summed E-state index contributed by atoms with van der Waals surface area (Å²) in [4.78, 5) is 59.4. The minimum absolute atomic E-state index is 0.143. The van der Waals surface area contributed by atoms with Crippen molar-refractivity contribution in [2.24, 2.45) is 5.92 Å². The van der Waals surface area contributed by atoms with Crippen LogP contribution in [0, 0.1) is 5.92 Å². The molecule has 2 aromatic rings. The fourth-order valence-corrected chi connectivity index (χ4v) is 9.46. The van der Waals surface area contributed by atoms with Crippen molar-refractivity contribution in [3.8, 4) is 11.5 Å². The lowest BCUT2D eigenvalue weighted by Crippen LogP contribution is -2.71. The zero-order valence-electron chi connectivity index (χ0n) is 38.1. The molecule has 0 spiro atoms. The highest BCUT2D eigenvalue weighted by molar-refractivity contribution is 6.30. The van der Waals surface area contributed by atoms with Crippen LogP contribution in [0.5, 0.6) is 11.5 Å². The molecule has 2 aliphatic carbocycles. The number of Topliss-reactive ketones (excluding diaryl/α,β-unsaturated/α-hetero) is 3. The quantitative estimate of drug-likeness (QED) is 0.0362. The van der Waals surface area contributed by atoms with E-state index in [1.165, 1.54) is 48.5 Å². The molecule has 400 valence electrons. The number of carbonyl (C=O) groups excluding carboxylic acids is 4. The molecule has 19 N–H and O–H groups in total. The zero-order valence-corrected chi connectivity index (χ0v) is 38.1. The molecule has 0 bridgehead atoms.